The van der Waals surface area contributed by atoms with Crippen LogP contribution in [0.25, 0.3) is 11.4 Å². The van der Waals surface area contributed by atoms with Crippen LogP contribution in [0.5, 0.6) is 0 Å². The van der Waals surface area contributed by atoms with Gasteiger partial charge in [0.05, 0.1) is 11.3 Å². The molecule has 0 saturated carbocycles. The zero-order valence-corrected chi connectivity index (χ0v) is 18.5. The molecule has 166 valence electrons. The van der Waals surface area contributed by atoms with Gasteiger partial charge < -0.3 is 20.4 Å². The molecule has 1 saturated heterocycles. The highest BCUT2D eigenvalue weighted by atomic mass is 16.6. The smallest absolute Gasteiger partial charge is 0.410 e. The number of nitrogens with two attached hydrogens (primary N) is 1. The van der Waals surface area contributed by atoms with Gasteiger partial charge in [0.15, 0.2) is 0 Å². The molecule has 0 radical (unpaired) electrons. The molecule has 0 spiro atoms. The number of H-pyrrole nitrogens is 1. The molecule has 3 heterocycles. The van der Waals surface area contributed by atoms with E-state index in [1.165, 1.54) is 0 Å². The van der Waals surface area contributed by atoms with Crippen molar-refractivity contribution in [3.63, 3.8) is 0 Å². The number of aromatic nitrogens is 2. The highest BCUT2D eigenvalue weighted by Gasteiger charge is 2.34. The molecule has 0 bridgehead atoms. The quantitative estimate of drug-likeness (QED) is 0.733. The number of fused-ring (bicyclic) bond motifs is 1. The van der Waals surface area contributed by atoms with Gasteiger partial charge in [0.25, 0.3) is 5.56 Å². The molecule has 31 heavy (non-hydrogen) atoms. The number of amides is 1. The lowest BCUT2D eigenvalue weighted by atomic mass is 10.0. The number of likely N-dealkylation sites (tertiary alicyclic amines) is 1. The van der Waals surface area contributed by atoms with E-state index < -0.39 is 5.60 Å². The Morgan fingerprint density at radius 2 is 2.00 bits per heavy atom. The van der Waals surface area contributed by atoms with E-state index >= 15 is 0 Å². The van der Waals surface area contributed by atoms with Gasteiger partial charge in [-0.1, -0.05) is 0 Å². The summed E-state index contributed by atoms with van der Waals surface area (Å²) in [4.78, 5) is 37.1. The van der Waals surface area contributed by atoms with Crippen molar-refractivity contribution >= 4 is 11.8 Å². The van der Waals surface area contributed by atoms with Gasteiger partial charge >= 0.3 is 6.09 Å². The number of carbonyl (C=O) groups is 1. The van der Waals surface area contributed by atoms with E-state index in [0.717, 1.165) is 43.7 Å². The van der Waals surface area contributed by atoms with Crippen LogP contribution in [0.1, 0.15) is 44.9 Å². The number of benzene rings is 1. The van der Waals surface area contributed by atoms with Gasteiger partial charge in [-0.25, -0.2) is 9.78 Å². The van der Waals surface area contributed by atoms with Crippen LogP contribution in [0.15, 0.2) is 29.1 Å². The summed E-state index contributed by atoms with van der Waals surface area (Å²) >= 11 is 0. The molecule has 2 aliphatic rings. The van der Waals surface area contributed by atoms with Crippen LogP contribution in [0.3, 0.4) is 0 Å². The minimum atomic E-state index is -0.505. The van der Waals surface area contributed by atoms with Crippen LogP contribution in [-0.4, -0.2) is 57.1 Å². The highest BCUT2D eigenvalue weighted by molar-refractivity contribution is 5.69. The van der Waals surface area contributed by atoms with Crippen LogP contribution in [0.4, 0.5) is 10.5 Å². The number of nitrogens with one attached hydrogen (secondary N) is 1. The molecule has 4 rings (SSSR count). The number of anilines is 1. The number of nitrogens with zero attached hydrogens (tertiary/aromatic N) is 3. The summed E-state index contributed by atoms with van der Waals surface area (Å²) in [6.07, 6.45) is 2.38. The number of nitrogen functional groups attached to an aromatic ring is 1. The summed E-state index contributed by atoms with van der Waals surface area (Å²) < 4.78 is 5.57. The second kappa shape index (κ2) is 8.34. The molecular formula is C23H31N5O3. The number of carbonyl (C=O) groups excluding carboxylic acids is 1. The Morgan fingerprint density at radius 3 is 2.71 bits per heavy atom. The minimum Gasteiger partial charge on any atom is -0.444 e. The van der Waals surface area contributed by atoms with Crippen molar-refractivity contribution in [1.29, 1.82) is 0 Å². The SMILES string of the molecule is CC(C)(C)OC(=O)N1CCCC1CN1CCc2nc(-c3ccc(N)cc3)[nH]c(=O)c2C1. The Hall–Kier alpha value is -2.87. The molecule has 2 aliphatic heterocycles. The Balaban J connectivity index is 1.46. The molecule has 0 aliphatic carbocycles. The molecule has 1 aromatic heterocycles. The van der Waals surface area contributed by atoms with Crippen molar-refractivity contribution in [1.82, 2.24) is 19.8 Å². The third-order valence-corrected chi connectivity index (χ3v) is 5.81. The first-order chi connectivity index (χ1) is 14.7. The summed E-state index contributed by atoms with van der Waals surface area (Å²) in [6.45, 7) is 8.46. The highest BCUT2D eigenvalue weighted by Crippen LogP contribution is 2.24. The standard InChI is InChI=1S/C23H31N5O3/c1-23(2,3)31-22(30)28-11-4-5-17(28)13-27-12-10-19-18(14-27)21(29)26-20(25-19)15-6-8-16(24)9-7-15/h6-9,17H,4-5,10-14,24H2,1-3H3,(H,25,26,29). The van der Waals surface area contributed by atoms with Gasteiger partial charge in [-0.05, 0) is 57.9 Å². The molecule has 3 N–H and O–H groups in total. The molecule has 8 nitrogen and oxygen atoms in total. The fourth-order valence-corrected chi connectivity index (χ4v) is 4.30. The zero-order valence-electron chi connectivity index (χ0n) is 18.5. The van der Waals surface area contributed by atoms with Crippen LogP contribution >= 0.6 is 0 Å². The van der Waals surface area contributed by atoms with E-state index in [2.05, 4.69) is 9.88 Å². The van der Waals surface area contributed by atoms with E-state index in [-0.39, 0.29) is 17.7 Å². The number of aromatic amines is 1. The second-order valence-electron chi connectivity index (χ2n) is 9.42. The van der Waals surface area contributed by atoms with Crippen molar-refractivity contribution in [2.75, 3.05) is 25.4 Å². The fourth-order valence-electron chi connectivity index (χ4n) is 4.30. The van der Waals surface area contributed by atoms with Crippen molar-refractivity contribution in [3.05, 3.63) is 45.9 Å². The Labute approximate surface area is 182 Å². The van der Waals surface area contributed by atoms with E-state index in [4.69, 9.17) is 15.5 Å². The topological polar surface area (TPSA) is 105 Å². The lowest BCUT2D eigenvalue weighted by Gasteiger charge is -2.34. The van der Waals surface area contributed by atoms with E-state index in [1.807, 2.05) is 37.8 Å². The van der Waals surface area contributed by atoms with Crippen molar-refractivity contribution in [2.24, 2.45) is 0 Å². The van der Waals surface area contributed by atoms with Gasteiger partial charge in [0, 0.05) is 49.9 Å². The Morgan fingerprint density at radius 1 is 1.26 bits per heavy atom. The third kappa shape index (κ3) is 4.90. The maximum atomic E-state index is 12.8. The normalized spacial score (nSPS) is 19.3. The van der Waals surface area contributed by atoms with Gasteiger partial charge in [-0.2, -0.15) is 0 Å². The lowest BCUT2D eigenvalue weighted by molar-refractivity contribution is 0.0192. The number of hydrogen-bond acceptors (Lipinski definition) is 6. The number of rotatable bonds is 3. The molecule has 2 aromatic rings. The zero-order chi connectivity index (χ0) is 22.2. The van der Waals surface area contributed by atoms with Crippen LogP contribution < -0.4 is 11.3 Å². The average Bonchev–Trinajstić information content (AvgIpc) is 3.16. The predicted molar refractivity (Wildman–Crippen MR) is 120 cm³/mol. The first-order valence-corrected chi connectivity index (χ1v) is 10.9. The molecule has 1 fully saturated rings. The van der Waals surface area contributed by atoms with Gasteiger partial charge in [-0.15, -0.1) is 0 Å². The molecular weight excluding hydrogens is 394 g/mol. The molecule has 8 heteroatoms. The lowest BCUT2D eigenvalue weighted by Crippen LogP contribution is -2.47. The molecule has 1 atom stereocenters. The van der Waals surface area contributed by atoms with Crippen molar-refractivity contribution in [3.8, 4) is 11.4 Å². The second-order valence-corrected chi connectivity index (χ2v) is 9.42. The van der Waals surface area contributed by atoms with E-state index in [9.17, 15) is 9.59 Å². The average molecular weight is 426 g/mol. The van der Waals surface area contributed by atoms with Gasteiger partial charge in [0.1, 0.15) is 11.4 Å². The van der Waals surface area contributed by atoms with Gasteiger partial charge in [-0.3, -0.25) is 9.69 Å². The maximum absolute atomic E-state index is 12.8. The van der Waals surface area contributed by atoms with Gasteiger partial charge in [0.2, 0.25) is 0 Å². The summed E-state index contributed by atoms with van der Waals surface area (Å²) in [5.74, 6) is 0.573. The minimum absolute atomic E-state index is 0.100. The summed E-state index contributed by atoms with van der Waals surface area (Å²) in [7, 11) is 0. The van der Waals surface area contributed by atoms with E-state index in [0.29, 0.717) is 30.0 Å². The molecule has 1 unspecified atom stereocenters. The predicted octanol–water partition coefficient (Wildman–Crippen LogP) is 2.78. The molecule has 1 aromatic carbocycles. The third-order valence-electron chi connectivity index (χ3n) is 5.81. The maximum Gasteiger partial charge on any atom is 0.410 e. The van der Waals surface area contributed by atoms with Crippen molar-refractivity contribution in [2.45, 2.75) is 58.2 Å². The first-order valence-electron chi connectivity index (χ1n) is 10.9. The first kappa shape index (κ1) is 21.4. The largest absolute Gasteiger partial charge is 0.444 e. The fraction of sp³-hybridized carbons (Fsp3) is 0.522. The van der Waals surface area contributed by atoms with Crippen LogP contribution in [-0.2, 0) is 17.7 Å². The van der Waals surface area contributed by atoms with Crippen molar-refractivity contribution < 1.29 is 9.53 Å². The number of ether oxygens (including phenoxy) is 1. The summed E-state index contributed by atoms with van der Waals surface area (Å²) in [5.41, 5.74) is 8.23. The summed E-state index contributed by atoms with van der Waals surface area (Å²) in [6, 6.07) is 7.43. The van der Waals surface area contributed by atoms with Crippen LogP contribution in [0.2, 0.25) is 0 Å². The molecule has 1 amide bonds. The Kier molecular flexibility index (Phi) is 5.75. The Bertz CT molecular complexity index is 1010. The monoisotopic (exact) mass is 425 g/mol. The number of hydrogen-bond donors (Lipinski definition) is 2. The summed E-state index contributed by atoms with van der Waals surface area (Å²) in [5, 5.41) is 0. The van der Waals surface area contributed by atoms with Crippen LogP contribution in [0, 0.1) is 0 Å². The van der Waals surface area contributed by atoms with E-state index in [1.54, 1.807) is 12.1 Å².